The van der Waals surface area contributed by atoms with E-state index in [1.165, 1.54) is 12.1 Å². The van der Waals surface area contributed by atoms with E-state index in [4.69, 9.17) is 16.7 Å². The van der Waals surface area contributed by atoms with Crippen LogP contribution in [0.4, 0.5) is 13.2 Å². The number of hydrogen-bond acceptors (Lipinski definition) is 2. The van der Waals surface area contributed by atoms with Gasteiger partial charge in [-0.25, -0.2) is 4.79 Å². The molecule has 3 nitrogen and oxygen atoms in total. The number of pyridine rings is 1. The molecule has 1 aromatic heterocycles. The summed E-state index contributed by atoms with van der Waals surface area (Å²) in [6.07, 6.45) is -4.07. The first-order valence-corrected chi connectivity index (χ1v) is 5.74. The molecule has 0 saturated heterocycles. The molecular formula is C13H7ClF3NO2. The summed E-state index contributed by atoms with van der Waals surface area (Å²) in [6.45, 7) is 0. The molecule has 0 aliphatic carbocycles. The zero-order valence-corrected chi connectivity index (χ0v) is 10.5. The van der Waals surface area contributed by atoms with Crippen LogP contribution in [0.25, 0.3) is 11.3 Å². The minimum Gasteiger partial charge on any atom is -0.478 e. The van der Waals surface area contributed by atoms with Crippen molar-refractivity contribution in [2.45, 2.75) is 6.18 Å². The third-order valence-corrected chi connectivity index (χ3v) is 2.90. The van der Waals surface area contributed by atoms with Crippen molar-refractivity contribution < 1.29 is 23.1 Å². The Morgan fingerprint density at radius 2 is 1.90 bits per heavy atom. The van der Waals surface area contributed by atoms with Gasteiger partial charge in [0.2, 0.25) is 0 Å². The second-order valence-electron chi connectivity index (χ2n) is 3.90. The Morgan fingerprint density at radius 3 is 2.45 bits per heavy atom. The average molecular weight is 302 g/mol. The molecule has 0 radical (unpaired) electrons. The van der Waals surface area contributed by atoms with Crippen molar-refractivity contribution in [3.8, 4) is 11.3 Å². The minimum atomic E-state index is -4.66. The fourth-order valence-corrected chi connectivity index (χ4v) is 1.88. The topological polar surface area (TPSA) is 50.2 Å². The lowest BCUT2D eigenvalue weighted by atomic mass is 10.0. The van der Waals surface area contributed by atoms with Crippen LogP contribution in [0.15, 0.2) is 36.5 Å². The normalized spacial score (nSPS) is 11.4. The molecule has 0 aliphatic heterocycles. The maximum atomic E-state index is 12.6. The van der Waals surface area contributed by atoms with Gasteiger partial charge in [0.05, 0.1) is 16.8 Å². The van der Waals surface area contributed by atoms with Gasteiger partial charge in [0.25, 0.3) is 0 Å². The monoisotopic (exact) mass is 301 g/mol. The molecule has 20 heavy (non-hydrogen) atoms. The molecule has 0 saturated carbocycles. The number of aromatic nitrogens is 1. The Kier molecular flexibility index (Phi) is 3.67. The lowest BCUT2D eigenvalue weighted by Gasteiger charge is -2.11. The summed E-state index contributed by atoms with van der Waals surface area (Å²) in [5, 5.41) is 9.27. The average Bonchev–Trinajstić information content (AvgIpc) is 2.37. The van der Waals surface area contributed by atoms with E-state index in [-0.39, 0.29) is 16.3 Å². The molecule has 0 atom stereocenters. The zero-order chi connectivity index (χ0) is 14.9. The number of rotatable bonds is 2. The standard InChI is InChI=1S/C13H7ClF3NO2/c14-10-4-2-1-3-8(10)11-9(12(19)20)5-7(6-18-11)13(15,16)17/h1-6H,(H,19,20). The van der Waals surface area contributed by atoms with Crippen LogP contribution in [0.2, 0.25) is 5.02 Å². The van der Waals surface area contributed by atoms with Crippen molar-refractivity contribution in [2.75, 3.05) is 0 Å². The van der Waals surface area contributed by atoms with E-state index in [0.717, 1.165) is 0 Å². The number of carboxylic acid groups (broad SMARTS) is 1. The molecule has 0 spiro atoms. The van der Waals surface area contributed by atoms with Crippen LogP contribution in [-0.4, -0.2) is 16.1 Å². The number of aromatic carboxylic acids is 1. The largest absolute Gasteiger partial charge is 0.478 e. The van der Waals surface area contributed by atoms with E-state index in [0.29, 0.717) is 12.3 Å². The highest BCUT2D eigenvalue weighted by Crippen LogP contribution is 2.34. The van der Waals surface area contributed by atoms with Crippen molar-refractivity contribution in [3.63, 3.8) is 0 Å². The van der Waals surface area contributed by atoms with Crippen LogP contribution in [0.1, 0.15) is 15.9 Å². The SMILES string of the molecule is O=C(O)c1cc(C(F)(F)F)cnc1-c1ccccc1Cl. The molecule has 2 rings (SSSR count). The number of alkyl halides is 3. The molecule has 0 fully saturated rings. The van der Waals surface area contributed by atoms with E-state index in [9.17, 15) is 18.0 Å². The summed E-state index contributed by atoms with van der Waals surface area (Å²) < 4.78 is 37.8. The van der Waals surface area contributed by atoms with Crippen LogP contribution in [0.5, 0.6) is 0 Å². The van der Waals surface area contributed by atoms with E-state index >= 15 is 0 Å². The summed E-state index contributed by atoms with van der Waals surface area (Å²) in [4.78, 5) is 14.7. The van der Waals surface area contributed by atoms with Gasteiger partial charge in [-0.2, -0.15) is 13.2 Å². The maximum Gasteiger partial charge on any atom is 0.417 e. The van der Waals surface area contributed by atoms with E-state index in [2.05, 4.69) is 4.98 Å². The third kappa shape index (κ3) is 2.75. The fourth-order valence-electron chi connectivity index (χ4n) is 1.65. The number of benzene rings is 1. The Bertz CT molecular complexity index is 671. The molecule has 1 aromatic carbocycles. The second-order valence-corrected chi connectivity index (χ2v) is 4.31. The van der Waals surface area contributed by atoms with Crippen LogP contribution < -0.4 is 0 Å². The number of carbonyl (C=O) groups is 1. The van der Waals surface area contributed by atoms with E-state index in [1.807, 2.05) is 0 Å². The summed E-state index contributed by atoms with van der Waals surface area (Å²) >= 11 is 5.91. The van der Waals surface area contributed by atoms with Crippen LogP contribution in [0.3, 0.4) is 0 Å². The van der Waals surface area contributed by atoms with Crippen molar-refractivity contribution in [1.29, 1.82) is 0 Å². The predicted molar refractivity (Wildman–Crippen MR) is 66.6 cm³/mol. The fraction of sp³-hybridized carbons (Fsp3) is 0.0769. The van der Waals surface area contributed by atoms with Gasteiger partial charge in [-0.15, -0.1) is 0 Å². The van der Waals surface area contributed by atoms with Gasteiger partial charge >= 0.3 is 12.1 Å². The highest BCUT2D eigenvalue weighted by molar-refractivity contribution is 6.33. The molecule has 7 heteroatoms. The van der Waals surface area contributed by atoms with Crippen molar-refractivity contribution in [1.82, 2.24) is 4.98 Å². The summed E-state index contributed by atoms with van der Waals surface area (Å²) in [5.74, 6) is -1.50. The Labute approximate surface area is 116 Å². The minimum absolute atomic E-state index is 0.101. The molecule has 104 valence electrons. The predicted octanol–water partition coefficient (Wildman–Crippen LogP) is 4.12. The number of halogens is 4. The number of carboxylic acids is 1. The molecule has 0 amide bonds. The zero-order valence-electron chi connectivity index (χ0n) is 9.78. The van der Waals surface area contributed by atoms with Crippen LogP contribution >= 0.6 is 11.6 Å². The highest BCUT2D eigenvalue weighted by Gasteiger charge is 2.32. The van der Waals surface area contributed by atoms with Gasteiger partial charge in [-0.05, 0) is 12.1 Å². The van der Waals surface area contributed by atoms with Crippen LogP contribution in [-0.2, 0) is 6.18 Å². The molecular weight excluding hydrogens is 295 g/mol. The third-order valence-electron chi connectivity index (χ3n) is 2.57. The van der Waals surface area contributed by atoms with Gasteiger partial charge in [0.1, 0.15) is 0 Å². The smallest absolute Gasteiger partial charge is 0.417 e. The summed E-state index contributed by atoms with van der Waals surface area (Å²) in [5.41, 5.74) is -1.50. The first-order valence-electron chi connectivity index (χ1n) is 5.36. The summed E-state index contributed by atoms with van der Waals surface area (Å²) in [7, 11) is 0. The highest BCUT2D eigenvalue weighted by atomic mass is 35.5. The molecule has 2 aromatic rings. The summed E-state index contributed by atoms with van der Waals surface area (Å²) in [6, 6.07) is 6.75. The maximum absolute atomic E-state index is 12.6. The van der Waals surface area contributed by atoms with Crippen molar-refractivity contribution in [2.24, 2.45) is 0 Å². The molecule has 1 N–H and O–H groups in total. The van der Waals surface area contributed by atoms with Gasteiger partial charge in [-0.1, -0.05) is 29.8 Å². The number of hydrogen-bond donors (Lipinski definition) is 1. The number of nitrogens with zero attached hydrogens (tertiary/aromatic N) is 1. The molecule has 0 unspecified atom stereocenters. The molecule has 0 aliphatic rings. The lowest BCUT2D eigenvalue weighted by Crippen LogP contribution is -2.10. The quantitative estimate of drug-likeness (QED) is 0.907. The Morgan fingerprint density at radius 1 is 1.25 bits per heavy atom. The van der Waals surface area contributed by atoms with Gasteiger partial charge < -0.3 is 5.11 Å². The lowest BCUT2D eigenvalue weighted by molar-refractivity contribution is -0.137. The van der Waals surface area contributed by atoms with E-state index in [1.54, 1.807) is 12.1 Å². The van der Waals surface area contributed by atoms with Gasteiger partial charge in [0.15, 0.2) is 0 Å². The molecule has 1 heterocycles. The first kappa shape index (κ1) is 14.3. The van der Waals surface area contributed by atoms with Crippen molar-refractivity contribution >= 4 is 17.6 Å². The van der Waals surface area contributed by atoms with Crippen LogP contribution in [0, 0.1) is 0 Å². The van der Waals surface area contributed by atoms with Gasteiger partial charge in [0, 0.05) is 16.8 Å². The molecule has 0 bridgehead atoms. The van der Waals surface area contributed by atoms with Crippen molar-refractivity contribution in [3.05, 3.63) is 52.7 Å². The van der Waals surface area contributed by atoms with E-state index < -0.39 is 23.3 Å². The Hall–Kier alpha value is -2.08. The first-order chi connectivity index (χ1) is 9.30. The second kappa shape index (κ2) is 5.13. The van der Waals surface area contributed by atoms with Gasteiger partial charge in [-0.3, -0.25) is 4.98 Å². The Balaban J connectivity index is 2.66.